The molecule has 7 heteroatoms. The number of nitrogens with one attached hydrogen (secondary N) is 1. The Hall–Kier alpha value is -3.32. The smallest absolute Gasteiger partial charge is 0.275 e. The molecule has 2 N–H and O–H groups in total. The lowest BCUT2D eigenvalue weighted by Gasteiger charge is -2.11. The first-order chi connectivity index (χ1) is 12.2. The van der Waals surface area contributed by atoms with Gasteiger partial charge in [-0.2, -0.15) is 5.10 Å². The lowest BCUT2D eigenvalue weighted by Crippen LogP contribution is -2.23. The summed E-state index contributed by atoms with van der Waals surface area (Å²) < 4.78 is 15.6. The van der Waals surface area contributed by atoms with Gasteiger partial charge in [-0.1, -0.05) is 12.1 Å². The standard InChI is InChI=1S/C18H16N2O5/c1-23-13-7-3-2-6-12(13)18(22)20-19-16(14-8-4-10-24-14)17(21)15-9-5-11-25-15/h2-11,17,21H,1H3,(H,20,22)/t17-/m1/s1. The zero-order chi connectivity index (χ0) is 17.6. The van der Waals surface area contributed by atoms with E-state index in [2.05, 4.69) is 10.5 Å². The van der Waals surface area contributed by atoms with Crippen molar-refractivity contribution in [3.8, 4) is 5.75 Å². The average molecular weight is 340 g/mol. The van der Waals surface area contributed by atoms with Gasteiger partial charge in [0.25, 0.3) is 5.91 Å². The molecule has 2 heterocycles. The van der Waals surface area contributed by atoms with E-state index in [1.54, 1.807) is 48.5 Å². The van der Waals surface area contributed by atoms with Crippen LogP contribution in [-0.2, 0) is 0 Å². The number of methoxy groups -OCH3 is 1. The number of hydrazone groups is 1. The molecule has 0 aliphatic rings. The molecule has 128 valence electrons. The lowest BCUT2D eigenvalue weighted by atomic mass is 10.1. The van der Waals surface area contributed by atoms with Crippen LogP contribution >= 0.6 is 0 Å². The van der Waals surface area contributed by atoms with Crippen molar-refractivity contribution in [3.63, 3.8) is 0 Å². The maximum Gasteiger partial charge on any atom is 0.275 e. The number of benzene rings is 1. The molecule has 0 radical (unpaired) electrons. The van der Waals surface area contributed by atoms with Crippen molar-refractivity contribution in [1.29, 1.82) is 0 Å². The van der Waals surface area contributed by atoms with E-state index < -0.39 is 12.0 Å². The van der Waals surface area contributed by atoms with Crippen LogP contribution < -0.4 is 10.2 Å². The summed E-state index contributed by atoms with van der Waals surface area (Å²) in [5.41, 5.74) is 2.85. The Kier molecular flexibility index (Phi) is 4.96. The number of para-hydroxylation sites is 1. The largest absolute Gasteiger partial charge is 0.496 e. The number of hydrogen-bond donors (Lipinski definition) is 2. The molecular formula is C18H16N2O5. The molecule has 7 nitrogen and oxygen atoms in total. The molecule has 1 aromatic carbocycles. The van der Waals surface area contributed by atoms with Crippen LogP contribution in [0.3, 0.4) is 0 Å². The number of amides is 1. The summed E-state index contributed by atoms with van der Waals surface area (Å²) >= 11 is 0. The van der Waals surface area contributed by atoms with Gasteiger partial charge >= 0.3 is 0 Å². The SMILES string of the molecule is COc1ccccc1C(=O)NN=C(c1ccco1)[C@H](O)c1ccco1. The van der Waals surface area contributed by atoms with Gasteiger partial charge in [0.2, 0.25) is 0 Å². The molecule has 0 saturated heterocycles. The second kappa shape index (κ2) is 7.50. The zero-order valence-electron chi connectivity index (χ0n) is 13.4. The highest BCUT2D eigenvalue weighted by Crippen LogP contribution is 2.21. The molecule has 1 atom stereocenters. The highest BCUT2D eigenvalue weighted by Gasteiger charge is 2.23. The molecule has 0 aliphatic carbocycles. The fourth-order valence-corrected chi connectivity index (χ4v) is 2.26. The molecule has 0 spiro atoms. The molecule has 0 bridgehead atoms. The topological polar surface area (TPSA) is 97.2 Å². The van der Waals surface area contributed by atoms with Crippen LogP contribution in [0, 0.1) is 0 Å². The number of nitrogens with zero attached hydrogens (tertiary/aromatic N) is 1. The van der Waals surface area contributed by atoms with Gasteiger partial charge in [-0.25, -0.2) is 5.43 Å². The summed E-state index contributed by atoms with van der Waals surface area (Å²) in [6.45, 7) is 0. The number of ether oxygens (including phenoxy) is 1. The maximum absolute atomic E-state index is 12.4. The Morgan fingerprint density at radius 1 is 1.12 bits per heavy atom. The number of carbonyl (C=O) groups is 1. The molecule has 0 saturated carbocycles. The zero-order valence-corrected chi connectivity index (χ0v) is 13.4. The van der Waals surface area contributed by atoms with Gasteiger partial charge in [-0.3, -0.25) is 4.79 Å². The minimum absolute atomic E-state index is 0.114. The van der Waals surface area contributed by atoms with Crippen molar-refractivity contribution in [2.75, 3.05) is 7.11 Å². The number of hydrogen-bond acceptors (Lipinski definition) is 6. The Morgan fingerprint density at radius 3 is 2.56 bits per heavy atom. The third-order valence-electron chi connectivity index (χ3n) is 3.47. The van der Waals surface area contributed by atoms with Gasteiger partial charge in [0.15, 0.2) is 11.9 Å². The van der Waals surface area contributed by atoms with E-state index in [9.17, 15) is 9.90 Å². The molecule has 0 unspecified atom stereocenters. The van der Waals surface area contributed by atoms with Crippen LogP contribution in [0.2, 0.25) is 0 Å². The first-order valence-electron chi connectivity index (χ1n) is 7.47. The van der Waals surface area contributed by atoms with Gasteiger partial charge < -0.3 is 18.7 Å². The quantitative estimate of drug-likeness (QED) is 0.531. The van der Waals surface area contributed by atoms with Crippen LogP contribution in [0.25, 0.3) is 0 Å². The first kappa shape index (κ1) is 16.5. The van der Waals surface area contributed by atoms with Crippen molar-refractivity contribution in [3.05, 3.63) is 78.1 Å². The predicted octanol–water partition coefficient (Wildman–Crippen LogP) is 2.75. The third-order valence-corrected chi connectivity index (χ3v) is 3.47. The highest BCUT2D eigenvalue weighted by molar-refractivity contribution is 6.03. The minimum atomic E-state index is -1.20. The second-order valence-corrected chi connectivity index (χ2v) is 5.03. The van der Waals surface area contributed by atoms with Crippen LogP contribution in [-0.4, -0.2) is 23.8 Å². The molecule has 0 fully saturated rings. The number of carbonyl (C=O) groups excluding carboxylic acids is 1. The average Bonchev–Trinajstić information content (AvgIpc) is 3.35. The fourth-order valence-electron chi connectivity index (χ4n) is 2.26. The van der Waals surface area contributed by atoms with E-state index in [1.165, 1.54) is 19.6 Å². The summed E-state index contributed by atoms with van der Waals surface area (Å²) in [5, 5.41) is 14.5. The Balaban J connectivity index is 1.87. The summed E-state index contributed by atoms with van der Waals surface area (Å²) in [5.74, 6) is 0.528. The molecule has 1 amide bonds. The molecule has 3 rings (SSSR count). The number of rotatable bonds is 6. The van der Waals surface area contributed by atoms with E-state index in [1.807, 2.05) is 0 Å². The Labute approximate surface area is 143 Å². The van der Waals surface area contributed by atoms with Gasteiger partial charge in [0.1, 0.15) is 17.2 Å². The van der Waals surface area contributed by atoms with Crippen molar-refractivity contribution >= 4 is 11.6 Å². The normalized spacial score (nSPS) is 12.6. The van der Waals surface area contributed by atoms with Crippen LogP contribution in [0.5, 0.6) is 5.75 Å². The van der Waals surface area contributed by atoms with E-state index in [-0.39, 0.29) is 11.5 Å². The Morgan fingerprint density at radius 2 is 1.88 bits per heavy atom. The molecule has 2 aromatic heterocycles. The maximum atomic E-state index is 12.4. The van der Waals surface area contributed by atoms with Crippen molar-refractivity contribution in [1.82, 2.24) is 5.43 Å². The monoisotopic (exact) mass is 340 g/mol. The number of aliphatic hydroxyl groups is 1. The summed E-state index contributed by atoms with van der Waals surface area (Å²) in [4.78, 5) is 12.4. The minimum Gasteiger partial charge on any atom is -0.496 e. The van der Waals surface area contributed by atoms with Crippen LogP contribution in [0.1, 0.15) is 28.0 Å². The summed E-state index contributed by atoms with van der Waals surface area (Å²) in [6, 6.07) is 13.3. The van der Waals surface area contributed by atoms with E-state index in [4.69, 9.17) is 13.6 Å². The van der Waals surface area contributed by atoms with E-state index in [0.717, 1.165) is 0 Å². The number of furan rings is 2. The predicted molar refractivity (Wildman–Crippen MR) is 89.4 cm³/mol. The summed E-state index contributed by atoms with van der Waals surface area (Å²) in [7, 11) is 1.48. The van der Waals surface area contributed by atoms with E-state index >= 15 is 0 Å². The first-order valence-corrected chi connectivity index (χ1v) is 7.47. The van der Waals surface area contributed by atoms with Gasteiger partial charge in [0.05, 0.1) is 25.2 Å². The summed E-state index contributed by atoms with van der Waals surface area (Å²) in [6.07, 6.45) is 1.69. The molecular weight excluding hydrogens is 324 g/mol. The Bertz CT molecular complexity index is 853. The van der Waals surface area contributed by atoms with Gasteiger partial charge in [-0.15, -0.1) is 0 Å². The third kappa shape index (κ3) is 3.61. The van der Waals surface area contributed by atoms with Crippen molar-refractivity contribution in [2.24, 2.45) is 5.10 Å². The van der Waals surface area contributed by atoms with Gasteiger partial charge in [0, 0.05) is 0 Å². The number of aliphatic hydroxyl groups excluding tert-OH is 1. The van der Waals surface area contributed by atoms with Crippen LogP contribution in [0.4, 0.5) is 0 Å². The van der Waals surface area contributed by atoms with Gasteiger partial charge in [-0.05, 0) is 36.4 Å². The highest BCUT2D eigenvalue weighted by atomic mass is 16.5. The molecule has 3 aromatic rings. The lowest BCUT2D eigenvalue weighted by molar-refractivity contribution is 0.0951. The van der Waals surface area contributed by atoms with E-state index in [0.29, 0.717) is 17.1 Å². The molecule has 0 aliphatic heterocycles. The molecule has 25 heavy (non-hydrogen) atoms. The second-order valence-electron chi connectivity index (χ2n) is 5.03. The van der Waals surface area contributed by atoms with Crippen molar-refractivity contribution in [2.45, 2.75) is 6.10 Å². The fraction of sp³-hybridized carbons (Fsp3) is 0.111. The van der Waals surface area contributed by atoms with Crippen LogP contribution in [0.15, 0.2) is 75.0 Å². The van der Waals surface area contributed by atoms with Crippen molar-refractivity contribution < 1.29 is 23.5 Å².